The van der Waals surface area contributed by atoms with Gasteiger partial charge in [-0.05, 0) is 106 Å². The maximum Gasteiger partial charge on any atom is 0.165 e. The first-order valence-corrected chi connectivity index (χ1v) is 24.4. The first kappa shape index (κ1) is 36.0. The molecule has 3 nitrogen and oxygen atoms in total. The maximum atomic E-state index is 6.99. The Hall–Kier alpha value is -5.58. The van der Waals surface area contributed by atoms with Gasteiger partial charge in [-0.3, -0.25) is 0 Å². The van der Waals surface area contributed by atoms with Crippen LogP contribution in [-0.2, 0) is 10.8 Å². The Morgan fingerprint density at radius 3 is 2.29 bits per heavy atom. The van der Waals surface area contributed by atoms with Gasteiger partial charge in [0.25, 0.3) is 0 Å². The Labute approximate surface area is 368 Å². The van der Waals surface area contributed by atoms with E-state index in [1.54, 1.807) is 39.2 Å². The van der Waals surface area contributed by atoms with E-state index in [0.29, 0.717) is 11.8 Å². The number of hydrogen-bond donors (Lipinski definition) is 0. The number of thiophene rings is 1. The molecule has 2 aromatic heterocycles. The van der Waals surface area contributed by atoms with Crippen molar-refractivity contribution < 1.29 is 4.74 Å². The Kier molecular flexibility index (Phi) is 7.81. The van der Waals surface area contributed by atoms with Gasteiger partial charge in [0, 0.05) is 43.7 Å². The van der Waals surface area contributed by atoms with E-state index in [1.165, 1.54) is 102 Å². The van der Waals surface area contributed by atoms with E-state index in [-0.39, 0.29) is 22.9 Å². The minimum absolute atomic E-state index is 0.0693. The van der Waals surface area contributed by atoms with Crippen LogP contribution in [0.5, 0.6) is 5.75 Å². The summed E-state index contributed by atoms with van der Waals surface area (Å²) in [5, 5.41) is 2.46. The SMILES string of the molecule is C1=CC2Oc3c(-c4nc(-c5ccccc5)c5c6c(sc5n4)=CCCC=6)cccc3C2C=C1c1cccc2c1C1=CC3C(C=C1C21CCCCC1)c1ccccc1C31CCCCC1. The second-order valence-electron chi connectivity index (χ2n) is 19.5. The minimum Gasteiger partial charge on any atom is -0.484 e. The fraction of sp³-hybridized carbons (Fsp3) is 0.310. The summed E-state index contributed by atoms with van der Waals surface area (Å²) in [6.07, 6.45) is 32.9. The Morgan fingerprint density at radius 2 is 1.40 bits per heavy atom. The molecule has 0 amide bonds. The molecule has 2 fully saturated rings. The van der Waals surface area contributed by atoms with Crippen LogP contribution in [0.2, 0.25) is 0 Å². The molecule has 8 aliphatic rings. The van der Waals surface area contributed by atoms with E-state index < -0.39 is 0 Å². The van der Waals surface area contributed by atoms with E-state index in [4.69, 9.17) is 14.7 Å². The van der Waals surface area contributed by atoms with Gasteiger partial charge in [-0.2, -0.15) is 0 Å². The molecule has 0 radical (unpaired) electrons. The van der Waals surface area contributed by atoms with Gasteiger partial charge in [0.15, 0.2) is 5.82 Å². The van der Waals surface area contributed by atoms with Crippen molar-refractivity contribution in [1.29, 1.82) is 0 Å². The van der Waals surface area contributed by atoms with Crippen LogP contribution >= 0.6 is 11.3 Å². The average Bonchev–Trinajstić information content (AvgIpc) is 4.05. The molecular weight excluding hydrogens is 773 g/mol. The van der Waals surface area contributed by atoms with Crippen LogP contribution < -0.4 is 14.5 Å². The first-order chi connectivity index (χ1) is 30.7. The molecular formula is C58H50N2OS. The van der Waals surface area contributed by atoms with Gasteiger partial charge in [-0.1, -0.05) is 160 Å². The quantitative estimate of drug-likeness (QED) is 0.178. The molecule has 0 N–H and O–H groups in total. The molecule has 2 saturated carbocycles. The van der Waals surface area contributed by atoms with E-state index in [2.05, 4.69) is 134 Å². The van der Waals surface area contributed by atoms with E-state index in [9.17, 15) is 0 Å². The van der Waals surface area contributed by atoms with Crippen molar-refractivity contribution >= 4 is 44.9 Å². The molecule has 2 spiro atoms. The monoisotopic (exact) mass is 822 g/mol. The molecule has 14 rings (SSSR count). The van der Waals surface area contributed by atoms with Crippen molar-refractivity contribution in [3.63, 3.8) is 0 Å². The third-order valence-electron chi connectivity index (χ3n) is 16.6. The van der Waals surface area contributed by atoms with Crippen molar-refractivity contribution in [2.75, 3.05) is 0 Å². The highest BCUT2D eigenvalue weighted by Crippen LogP contribution is 2.66. The predicted octanol–water partition coefficient (Wildman–Crippen LogP) is 13.0. The molecule has 4 unspecified atom stereocenters. The smallest absolute Gasteiger partial charge is 0.165 e. The lowest BCUT2D eigenvalue weighted by atomic mass is 9.61. The highest BCUT2D eigenvalue weighted by atomic mass is 32.1. The van der Waals surface area contributed by atoms with Crippen LogP contribution in [0.4, 0.5) is 0 Å². The second-order valence-corrected chi connectivity index (χ2v) is 20.5. The highest BCUT2D eigenvalue weighted by Gasteiger charge is 2.56. The second kappa shape index (κ2) is 13.5. The summed E-state index contributed by atoms with van der Waals surface area (Å²) in [7, 11) is 0. The van der Waals surface area contributed by atoms with Crippen LogP contribution in [0.1, 0.15) is 122 Å². The zero-order valence-electron chi connectivity index (χ0n) is 35.2. The summed E-state index contributed by atoms with van der Waals surface area (Å²) in [6.45, 7) is 0. The maximum absolute atomic E-state index is 6.99. The summed E-state index contributed by atoms with van der Waals surface area (Å²) in [5.74, 6) is 2.77. The van der Waals surface area contributed by atoms with Gasteiger partial charge in [0.1, 0.15) is 16.7 Å². The van der Waals surface area contributed by atoms with Crippen molar-refractivity contribution in [2.24, 2.45) is 5.92 Å². The normalized spacial score (nSPS) is 25.2. The van der Waals surface area contributed by atoms with Gasteiger partial charge in [0.2, 0.25) is 0 Å². The third-order valence-corrected chi connectivity index (χ3v) is 17.7. The summed E-state index contributed by atoms with van der Waals surface area (Å²) in [5.41, 5.74) is 17.0. The lowest BCUT2D eigenvalue weighted by Gasteiger charge is -2.43. The van der Waals surface area contributed by atoms with Gasteiger partial charge < -0.3 is 4.74 Å². The predicted molar refractivity (Wildman–Crippen MR) is 255 cm³/mol. The molecule has 4 heteroatoms. The highest BCUT2D eigenvalue weighted by molar-refractivity contribution is 7.16. The average molecular weight is 823 g/mol. The number of nitrogens with zero attached hydrogens (tertiary/aromatic N) is 2. The number of hydrogen-bond acceptors (Lipinski definition) is 4. The van der Waals surface area contributed by atoms with Crippen LogP contribution in [0.15, 0.2) is 127 Å². The van der Waals surface area contributed by atoms with Crippen molar-refractivity contribution in [2.45, 2.75) is 106 Å². The van der Waals surface area contributed by atoms with Gasteiger partial charge in [0.05, 0.1) is 11.3 Å². The molecule has 6 aromatic rings. The van der Waals surface area contributed by atoms with Crippen LogP contribution in [0.3, 0.4) is 0 Å². The number of aromatic nitrogens is 2. The van der Waals surface area contributed by atoms with E-state index in [0.717, 1.165) is 46.1 Å². The van der Waals surface area contributed by atoms with Gasteiger partial charge in [-0.15, -0.1) is 11.3 Å². The fourth-order valence-corrected chi connectivity index (χ4v) is 15.1. The zero-order chi connectivity index (χ0) is 40.6. The number of rotatable bonds is 3. The molecule has 1 aliphatic heterocycles. The topological polar surface area (TPSA) is 35.0 Å². The van der Waals surface area contributed by atoms with E-state index >= 15 is 0 Å². The molecule has 3 heterocycles. The lowest BCUT2D eigenvalue weighted by molar-refractivity contribution is 0.232. The third kappa shape index (κ3) is 4.93. The molecule has 7 aliphatic carbocycles. The molecule has 304 valence electrons. The molecule has 0 bridgehead atoms. The number of allylic oxidation sites excluding steroid dienone is 6. The zero-order valence-corrected chi connectivity index (χ0v) is 36.0. The summed E-state index contributed by atoms with van der Waals surface area (Å²) in [4.78, 5) is 11.8. The van der Waals surface area contributed by atoms with Gasteiger partial charge >= 0.3 is 0 Å². The number of para-hydroxylation sites is 1. The molecule has 62 heavy (non-hydrogen) atoms. The van der Waals surface area contributed by atoms with Gasteiger partial charge in [-0.25, -0.2) is 9.97 Å². The molecule has 0 saturated heterocycles. The summed E-state index contributed by atoms with van der Waals surface area (Å²) >= 11 is 1.79. The van der Waals surface area contributed by atoms with Crippen LogP contribution in [0.25, 0.3) is 56.2 Å². The first-order valence-electron chi connectivity index (χ1n) is 23.6. The van der Waals surface area contributed by atoms with Crippen LogP contribution in [-0.4, -0.2) is 16.1 Å². The summed E-state index contributed by atoms with van der Waals surface area (Å²) in [6, 6.07) is 34.2. The Balaban J connectivity index is 0.899. The largest absolute Gasteiger partial charge is 0.484 e. The summed E-state index contributed by atoms with van der Waals surface area (Å²) < 4.78 is 8.30. The van der Waals surface area contributed by atoms with Crippen LogP contribution in [0, 0.1) is 5.92 Å². The Morgan fingerprint density at radius 1 is 0.645 bits per heavy atom. The standard InChI is InChI=1S/C58H50N2OS/c1-4-16-35(17-5-1)53-52-40-19-7-9-25-50(40)62-56(52)60-55(59-53)41-22-14-21-39-43-32-36(26-27-49(43)61-54(39)41)37-20-15-24-46-51(37)44-34-47-42(33-48(44)58(46)30-12-3-13-31-58)38-18-6-8-23-45(38)57(47)28-10-2-11-29-57/h1,4-6,8,14-27,32-34,42-43,47,49H,2-3,7,9-13,28-31H2. The number of fused-ring (bicyclic) bond motifs is 16. The number of ether oxygens (including phenoxy) is 1. The van der Waals surface area contributed by atoms with Crippen molar-refractivity contribution in [3.05, 3.63) is 170 Å². The van der Waals surface area contributed by atoms with Crippen molar-refractivity contribution in [1.82, 2.24) is 9.97 Å². The fourth-order valence-electron chi connectivity index (χ4n) is 13.9. The minimum atomic E-state index is -0.0693. The number of benzene rings is 4. The van der Waals surface area contributed by atoms with Crippen molar-refractivity contribution in [3.8, 4) is 28.4 Å². The lowest BCUT2D eigenvalue weighted by Crippen LogP contribution is -2.35. The molecule has 4 aromatic carbocycles. The Bertz CT molecular complexity index is 3150. The molecule has 4 atom stereocenters. The van der Waals surface area contributed by atoms with E-state index in [1.807, 2.05) is 0 Å².